The van der Waals surface area contributed by atoms with Crippen LogP contribution in [0.1, 0.15) is 27.3 Å². The third-order valence-corrected chi connectivity index (χ3v) is 4.27. The third kappa shape index (κ3) is 4.46. The molecule has 142 valence electrons. The Morgan fingerprint density at radius 1 is 1.30 bits per heavy atom. The number of aromatic nitrogens is 1. The number of hydrogen-bond acceptors (Lipinski definition) is 5. The predicted molar refractivity (Wildman–Crippen MR) is 97.4 cm³/mol. The molecular formula is C19H21N3O5. The van der Waals surface area contributed by atoms with Crippen molar-refractivity contribution in [1.82, 2.24) is 15.2 Å². The molecule has 0 unspecified atom stereocenters. The molecule has 2 heterocycles. The Balaban J connectivity index is 1.61. The molecule has 0 atom stereocenters. The number of nitrogens with zero attached hydrogens (tertiary/aromatic N) is 1. The molecule has 0 saturated carbocycles. The first-order chi connectivity index (χ1) is 13.1. The van der Waals surface area contributed by atoms with Gasteiger partial charge in [-0.25, -0.2) is 9.59 Å². The minimum absolute atomic E-state index is 0.231. The Morgan fingerprint density at radius 2 is 2.15 bits per heavy atom. The molecule has 2 amide bonds. The number of carbonyl (C=O) groups excluding carboxylic acids is 3. The first-order valence-corrected chi connectivity index (χ1v) is 8.65. The molecule has 8 heteroatoms. The number of ether oxygens (including phenoxy) is 2. The summed E-state index contributed by atoms with van der Waals surface area (Å²) in [5, 5.41) is 2.81. The highest BCUT2D eigenvalue weighted by Crippen LogP contribution is 2.21. The van der Waals surface area contributed by atoms with Crippen molar-refractivity contribution in [3.05, 3.63) is 47.8 Å². The molecule has 0 spiro atoms. The summed E-state index contributed by atoms with van der Waals surface area (Å²) < 4.78 is 9.64. The highest BCUT2D eigenvalue weighted by molar-refractivity contribution is 5.96. The molecule has 1 aliphatic heterocycles. The topological polar surface area (TPSA) is 101 Å². The predicted octanol–water partition coefficient (Wildman–Crippen LogP) is 2.04. The van der Waals surface area contributed by atoms with Gasteiger partial charge in [0, 0.05) is 37.0 Å². The van der Waals surface area contributed by atoms with Crippen LogP contribution in [-0.2, 0) is 9.47 Å². The Hall–Kier alpha value is -3.29. The van der Waals surface area contributed by atoms with E-state index in [2.05, 4.69) is 15.0 Å². The van der Waals surface area contributed by atoms with E-state index in [1.807, 2.05) is 6.07 Å². The van der Waals surface area contributed by atoms with E-state index in [9.17, 15) is 14.4 Å². The first-order valence-electron chi connectivity index (χ1n) is 8.65. The summed E-state index contributed by atoms with van der Waals surface area (Å²) in [6.07, 6.45) is 2.14. The minimum Gasteiger partial charge on any atom is -0.464 e. The molecule has 27 heavy (non-hydrogen) atoms. The maximum absolute atomic E-state index is 12.4. The van der Waals surface area contributed by atoms with Gasteiger partial charge in [0.25, 0.3) is 5.91 Å². The van der Waals surface area contributed by atoms with Crippen LogP contribution in [0, 0.1) is 0 Å². The van der Waals surface area contributed by atoms with E-state index in [-0.39, 0.29) is 12.0 Å². The van der Waals surface area contributed by atoms with Gasteiger partial charge in [-0.15, -0.1) is 0 Å². The summed E-state index contributed by atoms with van der Waals surface area (Å²) in [6.45, 7) is 1.84. The van der Waals surface area contributed by atoms with Crippen molar-refractivity contribution >= 4 is 18.0 Å². The van der Waals surface area contributed by atoms with E-state index < -0.39 is 5.97 Å². The highest BCUT2D eigenvalue weighted by atomic mass is 16.6. The molecule has 0 radical (unpaired) electrons. The zero-order valence-corrected chi connectivity index (χ0v) is 15.0. The van der Waals surface area contributed by atoms with Gasteiger partial charge in [-0.1, -0.05) is 12.1 Å². The summed E-state index contributed by atoms with van der Waals surface area (Å²) in [4.78, 5) is 39.9. The molecule has 1 fully saturated rings. The molecule has 1 aliphatic rings. The summed E-state index contributed by atoms with van der Waals surface area (Å²) in [5.74, 6) is -0.683. The molecule has 2 N–H and O–H groups in total. The Kier molecular flexibility index (Phi) is 5.75. The van der Waals surface area contributed by atoms with Gasteiger partial charge < -0.3 is 24.7 Å². The van der Waals surface area contributed by atoms with Gasteiger partial charge in [-0.3, -0.25) is 4.79 Å². The zero-order valence-electron chi connectivity index (χ0n) is 15.0. The van der Waals surface area contributed by atoms with Gasteiger partial charge >= 0.3 is 12.1 Å². The number of H-pyrrole nitrogens is 1. The Morgan fingerprint density at radius 3 is 2.93 bits per heavy atom. The Labute approximate surface area is 156 Å². The minimum atomic E-state index is -0.452. The van der Waals surface area contributed by atoms with Gasteiger partial charge in [0.15, 0.2) is 0 Å². The monoisotopic (exact) mass is 371 g/mol. The van der Waals surface area contributed by atoms with Crippen LogP contribution in [0.2, 0.25) is 0 Å². The number of esters is 1. The van der Waals surface area contributed by atoms with Gasteiger partial charge in [-0.05, 0) is 30.2 Å². The molecule has 0 aliphatic carbocycles. The molecule has 8 nitrogen and oxygen atoms in total. The van der Waals surface area contributed by atoms with E-state index in [0.29, 0.717) is 37.5 Å². The Bertz CT molecular complexity index is 845. The lowest BCUT2D eigenvalue weighted by molar-refractivity contribution is 0.0594. The standard InChI is InChI=1S/C19H21N3O5/c1-26-18(24)16-11-15(12-21-16)13-4-2-5-14(10-13)17(23)20-6-8-22-7-3-9-27-19(22)25/h2,4-5,10-12,21H,3,6-9H2,1H3,(H,20,23). The van der Waals surface area contributed by atoms with Crippen LogP contribution in [0.15, 0.2) is 36.5 Å². The van der Waals surface area contributed by atoms with E-state index in [1.165, 1.54) is 7.11 Å². The quantitative estimate of drug-likeness (QED) is 0.757. The molecule has 2 aromatic rings. The van der Waals surface area contributed by atoms with Crippen molar-refractivity contribution in [2.75, 3.05) is 33.4 Å². The highest BCUT2D eigenvalue weighted by Gasteiger charge is 2.19. The van der Waals surface area contributed by atoms with Crippen molar-refractivity contribution < 1.29 is 23.9 Å². The fourth-order valence-electron chi connectivity index (χ4n) is 2.84. The van der Waals surface area contributed by atoms with Crippen molar-refractivity contribution in [3.8, 4) is 11.1 Å². The van der Waals surface area contributed by atoms with Crippen molar-refractivity contribution in [3.63, 3.8) is 0 Å². The van der Waals surface area contributed by atoms with Crippen molar-refractivity contribution in [2.24, 2.45) is 0 Å². The summed E-state index contributed by atoms with van der Waals surface area (Å²) in [5.41, 5.74) is 2.42. The van der Waals surface area contributed by atoms with Crippen LogP contribution in [0.3, 0.4) is 0 Å². The van der Waals surface area contributed by atoms with Crippen LogP contribution in [-0.4, -0.2) is 61.2 Å². The van der Waals surface area contributed by atoms with Crippen LogP contribution in [0.25, 0.3) is 11.1 Å². The number of cyclic esters (lactones) is 1. The average molecular weight is 371 g/mol. The van der Waals surface area contributed by atoms with Crippen LogP contribution < -0.4 is 5.32 Å². The fourth-order valence-corrected chi connectivity index (χ4v) is 2.84. The lowest BCUT2D eigenvalue weighted by Crippen LogP contribution is -2.42. The maximum Gasteiger partial charge on any atom is 0.409 e. The number of aromatic amines is 1. The van der Waals surface area contributed by atoms with Gasteiger partial charge in [0.2, 0.25) is 0 Å². The fraction of sp³-hybridized carbons (Fsp3) is 0.316. The van der Waals surface area contributed by atoms with E-state index in [0.717, 1.165) is 17.5 Å². The number of hydrogen-bond donors (Lipinski definition) is 2. The van der Waals surface area contributed by atoms with Crippen molar-refractivity contribution in [1.29, 1.82) is 0 Å². The van der Waals surface area contributed by atoms with Crippen LogP contribution in [0.5, 0.6) is 0 Å². The summed E-state index contributed by atoms with van der Waals surface area (Å²) in [6, 6.07) is 8.75. The molecule has 3 rings (SSSR count). The smallest absolute Gasteiger partial charge is 0.409 e. The largest absolute Gasteiger partial charge is 0.464 e. The van der Waals surface area contributed by atoms with E-state index in [1.54, 1.807) is 35.4 Å². The maximum atomic E-state index is 12.4. The van der Waals surface area contributed by atoms with Crippen LogP contribution in [0.4, 0.5) is 4.79 Å². The van der Waals surface area contributed by atoms with Gasteiger partial charge in [-0.2, -0.15) is 0 Å². The van der Waals surface area contributed by atoms with Crippen molar-refractivity contribution in [2.45, 2.75) is 6.42 Å². The zero-order chi connectivity index (χ0) is 19.2. The second kappa shape index (κ2) is 8.39. The number of rotatable bonds is 6. The average Bonchev–Trinajstić information content (AvgIpc) is 3.19. The molecular weight excluding hydrogens is 350 g/mol. The third-order valence-electron chi connectivity index (χ3n) is 4.27. The molecule has 0 bridgehead atoms. The number of methoxy groups -OCH3 is 1. The number of amides is 2. The number of carbonyl (C=O) groups is 3. The first kappa shape index (κ1) is 18.5. The van der Waals surface area contributed by atoms with E-state index in [4.69, 9.17) is 4.74 Å². The summed E-state index contributed by atoms with van der Waals surface area (Å²) >= 11 is 0. The SMILES string of the molecule is COC(=O)c1cc(-c2cccc(C(=O)NCCN3CCCOC3=O)c2)c[nH]1. The molecule has 1 saturated heterocycles. The lowest BCUT2D eigenvalue weighted by Gasteiger charge is -2.26. The number of nitrogens with one attached hydrogen (secondary N) is 2. The molecule has 1 aromatic carbocycles. The summed E-state index contributed by atoms with van der Waals surface area (Å²) in [7, 11) is 1.32. The van der Waals surface area contributed by atoms with Gasteiger partial charge in [0.1, 0.15) is 5.69 Å². The second-order valence-electron chi connectivity index (χ2n) is 6.09. The normalized spacial score (nSPS) is 13.8. The van der Waals surface area contributed by atoms with Crippen LogP contribution >= 0.6 is 0 Å². The van der Waals surface area contributed by atoms with E-state index >= 15 is 0 Å². The van der Waals surface area contributed by atoms with Gasteiger partial charge in [0.05, 0.1) is 13.7 Å². The second-order valence-corrected chi connectivity index (χ2v) is 6.09. The lowest BCUT2D eigenvalue weighted by atomic mass is 10.1. The molecule has 1 aromatic heterocycles. The number of benzene rings is 1.